The molecule has 2 aromatic heterocycles. The van der Waals surface area contributed by atoms with Crippen molar-refractivity contribution in [3.8, 4) is 5.75 Å². The van der Waals surface area contributed by atoms with E-state index in [4.69, 9.17) is 14.3 Å². The highest BCUT2D eigenvalue weighted by Crippen LogP contribution is 2.27. The van der Waals surface area contributed by atoms with Crippen LogP contribution in [0.15, 0.2) is 28.0 Å². The van der Waals surface area contributed by atoms with Gasteiger partial charge in [0, 0.05) is 0 Å². The molecular formula is C11H8O5S. The first-order chi connectivity index (χ1) is 8.13. The van der Waals surface area contributed by atoms with E-state index in [-0.39, 0.29) is 17.3 Å². The summed E-state index contributed by atoms with van der Waals surface area (Å²) in [6, 6.07) is 4.25. The topological polar surface area (TPSA) is 76.7 Å². The summed E-state index contributed by atoms with van der Waals surface area (Å²) in [6.45, 7) is 0. The summed E-state index contributed by atoms with van der Waals surface area (Å²) in [5.41, 5.74) is 0. The van der Waals surface area contributed by atoms with E-state index >= 15 is 0 Å². The monoisotopic (exact) mass is 252 g/mol. The number of ketones is 1. The zero-order chi connectivity index (χ0) is 12.4. The van der Waals surface area contributed by atoms with Crippen LogP contribution in [0.2, 0.25) is 0 Å². The van der Waals surface area contributed by atoms with Crippen molar-refractivity contribution in [2.24, 2.45) is 0 Å². The number of carbonyl (C=O) groups is 2. The highest BCUT2D eigenvalue weighted by atomic mass is 32.1. The summed E-state index contributed by atoms with van der Waals surface area (Å²) in [5.74, 6) is -1.41. The molecule has 88 valence electrons. The van der Waals surface area contributed by atoms with Crippen molar-refractivity contribution in [1.82, 2.24) is 0 Å². The van der Waals surface area contributed by atoms with Gasteiger partial charge in [0.1, 0.15) is 10.6 Å². The van der Waals surface area contributed by atoms with Crippen LogP contribution in [-0.4, -0.2) is 24.0 Å². The minimum Gasteiger partial charge on any atom is -0.495 e. The Labute approximate surface area is 100 Å². The van der Waals surface area contributed by atoms with E-state index < -0.39 is 5.97 Å². The molecule has 5 nitrogen and oxygen atoms in total. The Morgan fingerprint density at radius 3 is 2.59 bits per heavy atom. The fraction of sp³-hybridized carbons (Fsp3) is 0.0909. The van der Waals surface area contributed by atoms with Gasteiger partial charge in [-0.2, -0.15) is 0 Å². The normalized spacial score (nSPS) is 10.2. The molecular weight excluding hydrogens is 244 g/mol. The van der Waals surface area contributed by atoms with Crippen LogP contribution in [-0.2, 0) is 0 Å². The summed E-state index contributed by atoms with van der Waals surface area (Å²) in [6.07, 6.45) is 0. The average molecular weight is 252 g/mol. The van der Waals surface area contributed by atoms with E-state index in [1.807, 2.05) is 0 Å². The maximum absolute atomic E-state index is 12.0. The molecule has 0 fully saturated rings. The Bertz CT molecular complexity index is 566. The van der Waals surface area contributed by atoms with Crippen LogP contribution in [0, 0.1) is 0 Å². The van der Waals surface area contributed by atoms with E-state index in [1.165, 1.54) is 30.6 Å². The van der Waals surface area contributed by atoms with Gasteiger partial charge in [0.05, 0.1) is 7.11 Å². The lowest BCUT2D eigenvalue weighted by atomic mass is 10.2. The lowest BCUT2D eigenvalue weighted by Crippen LogP contribution is -1.99. The van der Waals surface area contributed by atoms with Gasteiger partial charge >= 0.3 is 5.97 Å². The Morgan fingerprint density at radius 1 is 1.29 bits per heavy atom. The predicted molar refractivity (Wildman–Crippen MR) is 60.0 cm³/mol. The molecule has 0 amide bonds. The maximum atomic E-state index is 12.0. The quantitative estimate of drug-likeness (QED) is 0.845. The van der Waals surface area contributed by atoms with Gasteiger partial charge in [0.25, 0.3) is 0 Å². The molecule has 0 aromatic carbocycles. The Morgan fingerprint density at radius 2 is 2.00 bits per heavy atom. The molecule has 0 unspecified atom stereocenters. The molecule has 0 radical (unpaired) electrons. The number of carboxylic acid groups (broad SMARTS) is 1. The number of furan rings is 1. The van der Waals surface area contributed by atoms with Crippen molar-refractivity contribution in [1.29, 1.82) is 0 Å². The van der Waals surface area contributed by atoms with Crippen molar-refractivity contribution in [2.45, 2.75) is 0 Å². The van der Waals surface area contributed by atoms with Gasteiger partial charge < -0.3 is 14.3 Å². The number of methoxy groups -OCH3 is 1. The van der Waals surface area contributed by atoms with Gasteiger partial charge in [-0.15, -0.1) is 11.3 Å². The standard InChI is InChI=1S/C11H8O5S/c1-15-7-4-5-17-10(7)9(12)6-2-3-8(16-6)11(13)14/h2-5H,1H3,(H,13,14). The third-order valence-electron chi connectivity index (χ3n) is 2.10. The van der Waals surface area contributed by atoms with Crippen molar-refractivity contribution in [3.05, 3.63) is 40.0 Å². The molecule has 0 saturated heterocycles. The van der Waals surface area contributed by atoms with Crippen LogP contribution >= 0.6 is 11.3 Å². The molecule has 2 rings (SSSR count). The predicted octanol–water partition coefficient (Wildman–Crippen LogP) is 2.28. The number of hydrogen-bond donors (Lipinski definition) is 1. The molecule has 0 aliphatic rings. The van der Waals surface area contributed by atoms with E-state index in [0.717, 1.165) is 0 Å². The van der Waals surface area contributed by atoms with Gasteiger partial charge in [-0.05, 0) is 23.6 Å². The van der Waals surface area contributed by atoms with Gasteiger partial charge in [0.15, 0.2) is 5.76 Å². The van der Waals surface area contributed by atoms with Crippen molar-refractivity contribution < 1.29 is 23.8 Å². The van der Waals surface area contributed by atoms with Crippen molar-refractivity contribution in [2.75, 3.05) is 7.11 Å². The largest absolute Gasteiger partial charge is 0.495 e. The van der Waals surface area contributed by atoms with Crippen LogP contribution in [0.25, 0.3) is 0 Å². The lowest BCUT2D eigenvalue weighted by Gasteiger charge is -1.98. The van der Waals surface area contributed by atoms with Gasteiger partial charge in [-0.25, -0.2) is 4.79 Å². The minimum absolute atomic E-state index is 0.0110. The number of carbonyl (C=O) groups excluding carboxylic acids is 1. The second kappa shape index (κ2) is 4.42. The van der Waals surface area contributed by atoms with E-state index in [9.17, 15) is 9.59 Å². The molecule has 0 aliphatic carbocycles. The molecule has 6 heteroatoms. The SMILES string of the molecule is COc1ccsc1C(=O)c1ccc(C(=O)O)o1. The van der Waals surface area contributed by atoms with Crippen LogP contribution in [0.1, 0.15) is 26.0 Å². The fourth-order valence-corrected chi connectivity index (χ4v) is 2.11. The molecule has 0 spiro atoms. The molecule has 0 aliphatic heterocycles. The number of ether oxygens (including phenoxy) is 1. The third-order valence-corrected chi connectivity index (χ3v) is 2.99. The summed E-state index contributed by atoms with van der Waals surface area (Å²) in [4.78, 5) is 23.0. The average Bonchev–Trinajstić information content (AvgIpc) is 2.96. The van der Waals surface area contributed by atoms with Crippen molar-refractivity contribution in [3.63, 3.8) is 0 Å². The first kappa shape index (κ1) is 11.4. The fourth-order valence-electron chi connectivity index (χ4n) is 1.31. The zero-order valence-electron chi connectivity index (χ0n) is 8.80. The smallest absolute Gasteiger partial charge is 0.371 e. The summed E-state index contributed by atoms with van der Waals surface area (Å²) >= 11 is 1.21. The molecule has 0 saturated carbocycles. The summed E-state index contributed by atoms with van der Waals surface area (Å²) < 4.78 is 9.95. The third kappa shape index (κ3) is 2.07. The second-order valence-electron chi connectivity index (χ2n) is 3.12. The molecule has 17 heavy (non-hydrogen) atoms. The van der Waals surface area contributed by atoms with Crippen LogP contribution in [0.3, 0.4) is 0 Å². The molecule has 2 aromatic rings. The summed E-state index contributed by atoms with van der Waals surface area (Å²) in [5, 5.41) is 10.4. The summed E-state index contributed by atoms with van der Waals surface area (Å²) in [7, 11) is 1.46. The highest BCUT2D eigenvalue weighted by molar-refractivity contribution is 7.12. The maximum Gasteiger partial charge on any atom is 0.371 e. The Balaban J connectivity index is 2.34. The number of rotatable bonds is 4. The van der Waals surface area contributed by atoms with Gasteiger partial charge in [-0.1, -0.05) is 0 Å². The Hall–Kier alpha value is -2.08. The second-order valence-corrected chi connectivity index (χ2v) is 4.03. The molecule has 0 bridgehead atoms. The molecule has 1 N–H and O–H groups in total. The van der Waals surface area contributed by atoms with E-state index in [0.29, 0.717) is 10.6 Å². The molecule has 2 heterocycles. The molecule has 0 atom stereocenters. The zero-order valence-corrected chi connectivity index (χ0v) is 9.61. The van der Waals surface area contributed by atoms with Crippen LogP contribution in [0.4, 0.5) is 0 Å². The first-order valence-electron chi connectivity index (χ1n) is 4.62. The lowest BCUT2D eigenvalue weighted by molar-refractivity contribution is 0.0660. The van der Waals surface area contributed by atoms with E-state index in [2.05, 4.69) is 0 Å². The first-order valence-corrected chi connectivity index (χ1v) is 5.50. The van der Waals surface area contributed by atoms with E-state index in [1.54, 1.807) is 11.4 Å². The highest BCUT2D eigenvalue weighted by Gasteiger charge is 2.20. The minimum atomic E-state index is -1.21. The van der Waals surface area contributed by atoms with Crippen LogP contribution < -0.4 is 4.74 Å². The van der Waals surface area contributed by atoms with Gasteiger partial charge in [-0.3, -0.25) is 4.79 Å². The number of hydrogen-bond acceptors (Lipinski definition) is 5. The Kier molecular flexibility index (Phi) is 2.97. The number of aromatic carboxylic acids is 1. The van der Waals surface area contributed by atoms with Gasteiger partial charge in [0.2, 0.25) is 11.5 Å². The number of thiophene rings is 1. The van der Waals surface area contributed by atoms with Crippen LogP contribution in [0.5, 0.6) is 5.75 Å². The van der Waals surface area contributed by atoms with Crippen molar-refractivity contribution >= 4 is 23.1 Å². The number of carboxylic acids is 1.